The highest BCUT2D eigenvalue weighted by atomic mass is 16.3. The Morgan fingerprint density at radius 2 is 2.11 bits per heavy atom. The van der Waals surface area contributed by atoms with E-state index in [1.54, 1.807) is 0 Å². The van der Waals surface area contributed by atoms with Crippen LogP contribution in [0.15, 0.2) is 35.3 Å². The molecule has 0 aliphatic heterocycles. The summed E-state index contributed by atoms with van der Waals surface area (Å²) in [5.74, 6) is 0.791. The molecule has 2 rings (SSSR count). The summed E-state index contributed by atoms with van der Waals surface area (Å²) in [5.41, 5.74) is 7.02. The first-order chi connectivity index (χ1) is 8.79. The highest BCUT2D eigenvalue weighted by Crippen LogP contribution is 2.24. The van der Waals surface area contributed by atoms with Crippen molar-refractivity contribution in [1.82, 2.24) is 5.32 Å². The number of guanidine groups is 1. The SMILES string of the molecule is NC(=NCc1ccccc1)NC1CCCC1CO. The molecule has 0 heterocycles. The third kappa shape index (κ3) is 3.47. The van der Waals surface area contributed by atoms with Crippen molar-refractivity contribution < 1.29 is 5.11 Å². The van der Waals surface area contributed by atoms with Gasteiger partial charge in [0, 0.05) is 18.6 Å². The Kier molecular flexibility index (Phi) is 4.59. The van der Waals surface area contributed by atoms with Gasteiger partial charge in [-0.1, -0.05) is 36.8 Å². The summed E-state index contributed by atoms with van der Waals surface area (Å²) in [4.78, 5) is 4.33. The number of hydrogen-bond donors (Lipinski definition) is 3. The minimum Gasteiger partial charge on any atom is -0.396 e. The van der Waals surface area contributed by atoms with Crippen LogP contribution in [0.5, 0.6) is 0 Å². The molecule has 4 heteroatoms. The Morgan fingerprint density at radius 3 is 2.83 bits per heavy atom. The molecule has 2 unspecified atom stereocenters. The Bertz CT molecular complexity index is 391. The predicted octanol–water partition coefficient (Wildman–Crippen LogP) is 1.25. The molecule has 1 fully saturated rings. The standard InChI is InChI=1S/C14H21N3O/c15-14(16-9-11-5-2-1-3-6-11)17-13-8-4-7-12(13)10-18/h1-3,5-6,12-13,18H,4,7-10H2,(H3,15,16,17). The number of nitrogens with one attached hydrogen (secondary N) is 1. The van der Waals surface area contributed by atoms with Crippen molar-refractivity contribution in [2.24, 2.45) is 16.6 Å². The van der Waals surface area contributed by atoms with Gasteiger partial charge in [0.1, 0.15) is 0 Å². The summed E-state index contributed by atoms with van der Waals surface area (Å²) in [7, 11) is 0. The second-order valence-corrected chi connectivity index (χ2v) is 4.81. The minimum atomic E-state index is 0.226. The number of nitrogens with two attached hydrogens (primary N) is 1. The van der Waals surface area contributed by atoms with Crippen LogP contribution >= 0.6 is 0 Å². The van der Waals surface area contributed by atoms with Crippen LogP contribution in [0.4, 0.5) is 0 Å². The molecule has 1 aromatic rings. The van der Waals surface area contributed by atoms with Gasteiger partial charge in [-0.3, -0.25) is 0 Å². The summed E-state index contributed by atoms with van der Waals surface area (Å²) >= 11 is 0. The fraction of sp³-hybridized carbons (Fsp3) is 0.500. The van der Waals surface area contributed by atoms with Crippen LogP contribution < -0.4 is 11.1 Å². The molecule has 0 bridgehead atoms. The van der Waals surface area contributed by atoms with E-state index in [2.05, 4.69) is 10.3 Å². The number of benzene rings is 1. The molecule has 0 amide bonds. The number of nitrogens with zero attached hydrogens (tertiary/aromatic N) is 1. The summed E-state index contributed by atoms with van der Waals surface area (Å²) in [6.07, 6.45) is 3.28. The second kappa shape index (κ2) is 6.40. The van der Waals surface area contributed by atoms with E-state index in [4.69, 9.17) is 5.73 Å². The molecule has 2 atom stereocenters. The molecule has 4 N–H and O–H groups in total. The van der Waals surface area contributed by atoms with Crippen molar-refractivity contribution in [1.29, 1.82) is 0 Å². The lowest BCUT2D eigenvalue weighted by Gasteiger charge is -2.19. The maximum absolute atomic E-state index is 9.24. The van der Waals surface area contributed by atoms with Crippen LogP contribution in [0.1, 0.15) is 24.8 Å². The van der Waals surface area contributed by atoms with E-state index in [1.807, 2.05) is 30.3 Å². The molecule has 1 aliphatic carbocycles. The van der Waals surface area contributed by atoms with Gasteiger partial charge in [-0.2, -0.15) is 0 Å². The summed E-state index contributed by atoms with van der Waals surface area (Å²) in [5, 5.41) is 12.5. The maximum Gasteiger partial charge on any atom is 0.189 e. The summed E-state index contributed by atoms with van der Waals surface area (Å²) in [6.45, 7) is 0.819. The predicted molar refractivity (Wildman–Crippen MR) is 73.1 cm³/mol. The molecule has 4 nitrogen and oxygen atoms in total. The molecular weight excluding hydrogens is 226 g/mol. The van der Waals surface area contributed by atoms with Crippen molar-refractivity contribution in [3.63, 3.8) is 0 Å². The number of aliphatic hydroxyl groups is 1. The summed E-state index contributed by atoms with van der Waals surface area (Å²) in [6, 6.07) is 10.3. The molecule has 1 aromatic carbocycles. The van der Waals surface area contributed by atoms with E-state index in [0.717, 1.165) is 24.8 Å². The minimum absolute atomic E-state index is 0.226. The largest absolute Gasteiger partial charge is 0.396 e. The molecule has 98 valence electrons. The van der Waals surface area contributed by atoms with Crippen molar-refractivity contribution in [2.75, 3.05) is 6.61 Å². The highest BCUT2D eigenvalue weighted by Gasteiger charge is 2.26. The van der Waals surface area contributed by atoms with Gasteiger partial charge in [-0.15, -0.1) is 0 Å². The van der Waals surface area contributed by atoms with E-state index in [0.29, 0.717) is 18.4 Å². The number of aliphatic hydroxyl groups excluding tert-OH is 1. The van der Waals surface area contributed by atoms with E-state index in [9.17, 15) is 5.11 Å². The van der Waals surface area contributed by atoms with Crippen molar-refractivity contribution in [3.05, 3.63) is 35.9 Å². The van der Waals surface area contributed by atoms with Gasteiger partial charge >= 0.3 is 0 Å². The van der Waals surface area contributed by atoms with Crippen LogP contribution in [-0.2, 0) is 6.54 Å². The van der Waals surface area contributed by atoms with Crippen LogP contribution in [-0.4, -0.2) is 23.7 Å². The average Bonchev–Trinajstić information content (AvgIpc) is 2.85. The lowest BCUT2D eigenvalue weighted by molar-refractivity contribution is 0.212. The van der Waals surface area contributed by atoms with Gasteiger partial charge in [0.05, 0.1) is 6.54 Å². The van der Waals surface area contributed by atoms with E-state index < -0.39 is 0 Å². The van der Waals surface area contributed by atoms with Crippen LogP contribution in [0.2, 0.25) is 0 Å². The molecule has 18 heavy (non-hydrogen) atoms. The van der Waals surface area contributed by atoms with E-state index in [-0.39, 0.29) is 12.6 Å². The zero-order chi connectivity index (χ0) is 12.8. The number of hydrogen-bond acceptors (Lipinski definition) is 2. The second-order valence-electron chi connectivity index (χ2n) is 4.81. The van der Waals surface area contributed by atoms with Gasteiger partial charge in [-0.05, 0) is 18.4 Å². The van der Waals surface area contributed by atoms with Gasteiger partial charge < -0.3 is 16.2 Å². The van der Waals surface area contributed by atoms with E-state index >= 15 is 0 Å². The zero-order valence-electron chi connectivity index (χ0n) is 10.5. The maximum atomic E-state index is 9.24. The molecule has 0 radical (unpaired) electrons. The molecule has 0 spiro atoms. The molecule has 1 saturated carbocycles. The molecule has 1 aliphatic rings. The van der Waals surface area contributed by atoms with Gasteiger partial charge in [0.15, 0.2) is 5.96 Å². The Hall–Kier alpha value is -1.55. The summed E-state index contributed by atoms with van der Waals surface area (Å²) < 4.78 is 0. The first-order valence-electron chi connectivity index (χ1n) is 6.51. The van der Waals surface area contributed by atoms with Crippen LogP contribution in [0.3, 0.4) is 0 Å². The smallest absolute Gasteiger partial charge is 0.189 e. The lowest BCUT2D eigenvalue weighted by atomic mass is 10.1. The fourth-order valence-corrected chi connectivity index (χ4v) is 2.44. The van der Waals surface area contributed by atoms with Crippen molar-refractivity contribution >= 4 is 5.96 Å². The van der Waals surface area contributed by atoms with Crippen molar-refractivity contribution in [3.8, 4) is 0 Å². The van der Waals surface area contributed by atoms with Gasteiger partial charge in [0.25, 0.3) is 0 Å². The van der Waals surface area contributed by atoms with E-state index in [1.165, 1.54) is 0 Å². The average molecular weight is 247 g/mol. The Morgan fingerprint density at radius 1 is 1.33 bits per heavy atom. The quantitative estimate of drug-likeness (QED) is 0.554. The van der Waals surface area contributed by atoms with Crippen LogP contribution in [0, 0.1) is 5.92 Å². The first kappa shape index (κ1) is 12.9. The third-order valence-corrected chi connectivity index (χ3v) is 3.50. The zero-order valence-corrected chi connectivity index (χ0v) is 10.5. The number of rotatable bonds is 4. The number of aliphatic imine (C=N–C) groups is 1. The van der Waals surface area contributed by atoms with Gasteiger partial charge in [0.2, 0.25) is 0 Å². The van der Waals surface area contributed by atoms with Crippen molar-refractivity contribution in [2.45, 2.75) is 31.8 Å². The van der Waals surface area contributed by atoms with Gasteiger partial charge in [-0.25, -0.2) is 4.99 Å². The topological polar surface area (TPSA) is 70.6 Å². The molecule has 0 aromatic heterocycles. The highest BCUT2D eigenvalue weighted by molar-refractivity contribution is 5.78. The third-order valence-electron chi connectivity index (χ3n) is 3.50. The fourth-order valence-electron chi connectivity index (χ4n) is 2.44. The normalized spacial score (nSPS) is 24.2. The monoisotopic (exact) mass is 247 g/mol. The van der Waals surface area contributed by atoms with Crippen LogP contribution in [0.25, 0.3) is 0 Å². The molecular formula is C14H21N3O. The first-order valence-corrected chi connectivity index (χ1v) is 6.51. The Balaban J connectivity index is 1.85. The Labute approximate surface area is 108 Å². The lowest BCUT2D eigenvalue weighted by Crippen LogP contribution is -2.42. The molecule has 0 saturated heterocycles.